The molecule has 1 aliphatic rings. The Morgan fingerprint density at radius 2 is 1.89 bits per heavy atom. The Balaban J connectivity index is 1.99. The number of nitrogens with one attached hydrogen (secondary N) is 1. The maximum atomic E-state index is 10.5. The molecule has 1 heterocycles. The van der Waals surface area contributed by atoms with E-state index in [0.717, 1.165) is 37.5 Å². The maximum absolute atomic E-state index is 10.5. The SMILES string of the molecule is CCSc1ccc(C(O)C(C)N2CCNCC2)cc1. The first-order chi connectivity index (χ1) is 9.22. The molecule has 0 saturated carbocycles. The van der Waals surface area contributed by atoms with Crippen molar-refractivity contribution in [3.05, 3.63) is 29.8 Å². The van der Waals surface area contributed by atoms with Crippen molar-refractivity contribution in [1.29, 1.82) is 0 Å². The van der Waals surface area contributed by atoms with Crippen molar-refractivity contribution in [3.63, 3.8) is 0 Å². The minimum Gasteiger partial charge on any atom is -0.387 e. The number of benzene rings is 1. The molecule has 2 rings (SSSR count). The van der Waals surface area contributed by atoms with Crippen LogP contribution in [-0.2, 0) is 0 Å². The molecule has 2 atom stereocenters. The minimum absolute atomic E-state index is 0.173. The quantitative estimate of drug-likeness (QED) is 0.810. The molecule has 1 saturated heterocycles. The summed E-state index contributed by atoms with van der Waals surface area (Å²) in [6.07, 6.45) is -0.404. The Morgan fingerprint density at radius 1 is 1.26 bits per heavy atom. The van der Waals surface area contributed by atoms with E-state index in [1.807, 2.05) is 11.8 Å². The lowest BCUT2D eigenvalue weighted by atomic mass is 10.0. The van der Waals surface area contributed by atoms with Gasteiger partial charge in [0.2, 0.25) is 0 Å². The van der Waals surface area contributed by atoms with Crippen LogP contribution in [0.25, 0.3) is 0 Å². The van der Waals surface area contributed by atoms with Crippen LogP contribution in [0.1, 0.15) is 25.5 Å². The summed E-state index contributed by atoms with van der Waals surface area (Å²) in [7, 11) is 0. The van der Waals surface area contributed by atoms with Gasteiger partial charge >= 0.3 is 0 Å². The van der Waals surface area contributed by atoms with Crippen LogP contribution in [0, 0.1) is 0 Å². The number of piperazine rings is 1. The average Bonchev–Trinajstić information content (AvgIpc) is 2.48. The Bertz CT molecular complexity index is 376. The zero-order valence-corrected chi connectivity index (χ0v) is 12.6. The van der Waals surface area contributed by atoms with Gasteiger partial charge in [-0.2, -0.15) is 0 Å². The summed E-state index contributed by atoms with van der Waals surface area (Å²) in [6, 6.07) is 8.50. The lowest BCUT2D eigenvalue weighted by Gasteiger charge is -2.35. The van der Waals surface area contributed by atoms with Crippen LogP contribution in [0.3, 0.4) is 0 Å². The van der Waals surface area contributed by atoms with E-state index in [9.17, 15) is 5.11 Å². The van der Waals surface area contributed by atoms with Crippen molar-refractivity contribution in [2.75, 3.05) is 31.9 Å². The van der Waals surface area contributed by atoms with E-state index < -0.39 is 6.10 Å². The lowest BCUT2D eigenvalue weighted by molar-refractivity contribution is 0.0510. The van der Waals surface area contributed by atoms with E-state index in [0.29, 0.717) is 0 Å². The fourth-order valence-corrected chi connectivity index (χ4v) is 3.16. The molecule has 0 aromatic heterocycles. The van der Waals surface area contributed by atoms with Gasteiger partial charge in [0.25, 0.3) is 0 Å². The van der Waals surface area contributed by atoms with Gasteiger partial charge < -0.3 is 10.4 Å². The van der Waals surface area contributed by atoms with Crippen LogP contribution in [-0.4, -0.2) is 48.0 Å². The number of nitrogens with zero attached hydrogens (tertiary/aromatic N) is 1. The topological polar surface area (TPSA) is 35.5 Å². The van der Waals surface area contributed by atoms with Crippen LogP contribution in [0.15, 0.2) is 29.2 Å². The highest BCUT2D eigenvalue weighted by molar-refractivity contribution is 7.99. The second-order valence-corrected chi connectivity index (χ2v) is 6.31. The Morgan fingerprint density at radius 3 is 2.47 bits per heavy atom. The first-order valence-electron chi connectivity index (χ1n) is 7.08. The van der Waals surface area contributed by atoms with Gasteiger partial charge in [0.15, 0.2) is 0 Å². The summed E-state index contributed by atoms with van der Waals surface area (Å²) in [5.41, 5.74) is 1.02. The van der Waals surface area contributed by atoms with E-state index in [-0.39, 0.29) is 6.04 Å². The number of thioether (sulfide) groups is 1. The highest BCUT2D eigenvalue weighted by Crippen LogP contribution is 2.24. The first-order valence-corrected chi connectivity index (χ1v) is 8.06. The van der Waals surface area contributed by atoms with E-state index in [1.165, 1.54) is 4.90 Å². The molecule has 1 aliphatic heterocycles. The summed E-state index contributed by atoms with van der Waals surface area (Å²) in [4.78, 5) is 3.63. The molecule has 0 aliphatic carbocycles. The first kappa shape index (κ1) is 14.9. The number of hydrogen-bond acceptors (Lipinski definition) is 4. The molecule has 0 bridgehead atoms. The van der Waals surface area contributed by atoms with Crippen LogP contribution < -0.4 is 5.32 Å². The molecule has 0 radical (unpaired) electrons. The largest absolute Gasteiger partial charge is 0.387 e. The third kappa shape index (κ3) is 3.96. The zero-order valence-electron chi connectivity index (χ0n) is 11.8. The highest BCUT2D eigenvalue weighted by atomic mass is 32.2. The van der Waals surface area contributed by atoms with Gasteiger partial charge in [-0.1, -0.05) is 19.1 Å². The molecule has 2 N–H and O–H groups in total. The fourth-order valence-electron chi connectivity index (χ4n) is 2.50. The summed E-state index contributed by atoms with van der Waals surface area (Å²) in [6.45, 7) is 8.33. The summed E-state index contributed by atoms with van der Waals surface area (Å²) >= 11 is 1.83. The van der Waals surface area contributed by atoms with Gasteiger partial charge in [-0.3, -0.25) is 4.90 Å². The number of aliphatic hydroxyl groups is 1. The monoisotopic (exact) mass is 280 g/mol. The normalized spacial score (nSPS) is 20.2. The molecule has 19 heavy (non-hydrogen) atoms. The van der Waals surface area contributed by atoms with Crippen molar-refractivity contribution >= 4 is 11.8 Å². The molecule has 4 heteroatoms. The molecule has 1 aromatic carbocycles. The van der Waals surface area contributed by atoms with Crippen molar-refractivity contribution in [1.82, 2.24) is 10.2 Å². The van der Waals surface area contributed by atoms with Crippen LogP contribution in [0.4, 0.5) is 0 Å². The van der Waals surface area contributed by atoms with Crippen molar-refractivity contribution in [2.45, 2.75) is 30.9 Å². The smallest absolute Gasteiger partial charge is 0.0942 e. The number of hydrogen-bond donors (Lipinski definition) is 2. The molecule has 0 spiro atoms. The summed E-state index contributed by atoms with van der Waals surface area (Å²) in [5, 5.41) is 13.8. The van der Waals surface area contributed by atoms with Crippen LogP contribution >= 0.6 is 11.8 Å². The number of aliphatic hydroxyl groups excluding tert-OH is 1. The molecule has 1 fully saturated rings. The van der Waals surface area contributed by atoms with Gasteiger partial charge in [-0.05, 0) is 30.4 Å². The molecule has 3 nitrogen and oxygen atoms in total. The van der Waals surface area contributed by atoms with Gasteiger partial charge in [-0.25, -0.2) is 0 Å². The van der Waals surface area contributed by atoms with E-state index in [2.05, 4.69) is 48.3 Å². The van der Waals surface area contributed by atoms with Gasteiger partial charge in [-0.15, -0.1) is 11.8 Å². The predicted octanol–water partition coefficient (Wildman–Crippen LogP) is 2.13. The third-order valence-electron chi connectivity index (χ3n) is 3.72. The second kappa shape index (κ2) is 7.29. The Kier molecular flexibility index (Phi) is 5.70. The lowest BCUT2D eigenvalue weighted by Crippen LogP contribution is -2.49. The molecular formula is C15H24N2OS. The van der Waals surface area contributed by atoms with Gasteiger partial charge in [0.05, 0.1) is 6.10 Å². The van der Waals surface area contributed by atoms with Gasteiger partial charge in [0, 0.05) is 37.1 Å². The van der Waals surface area contributed by atoms with Gasteiger partial charge in [0.1, 0.15) is 0 Å². The molecular weight excluding hydrogens is 256 g/mol. The van der Waals surface area contributed by atoms with Crippen molar-refractivity contribution < 1.29 is 5.11 Å². The van der Waals surface area contributed by atoms with E-state index in [4.69, 9.17) is 0 Å². The average molecular weight is 280 g/mol. The highest BCUT2D eigenvalue weighted by Gasteiger charge is 2.24. The van der Waals surface area contributed by atoms with Crippen LogP contribution in [0.2, 0.25) is 0 Å². The van der Waals surface area contributed by atoms with Crippen molar-refractivity contribution in [2.24, 2.45) is 0 Å². The van der Waals surface area contributed by atoms with Crippen molar-refractivity contribution in [3.8, 4) is 0 Å². The molecule has 1 aromatic rings. The third-order valence-corrected chi connectivity index (χ3v) is 4.61. The maximum Gasteiger partial charge on any atom is 0.0942 e. The minimum atomic E-state index is -0.404. The fraction of sp³-hybridized carbons (Fsp3) is 0.600. The number of rotatable bonds is 5. The Labute approximate surface area is 120 Å². The molecule has 0 amide bonds. The standard InChI is InChI=1S/C15H24N2OS/c1-3-19-14-6-4-13(5-7-14)15(18)12(2)17-10-8-16-9-11-17/h4-7,12,15-16,18H,3,8-11H2,1-2H3. The van der Waals surface area contributed by atoms with Crippen LogP contribution in [0.5, 0.6) is 0 Å². The zero-order chi connectivity index (χ0) is 13.7. The molecule has 106 valence electrons. The predicted molar refractivity (Wildman–Crippen MR) is 81.7 cm³/mol. The van der Waals surface area contributed by atoms with E-state index in [1.54, 1.807) is 0 Å². The summed E-state index contributed by atoms with van der Waals surface area (Å²) < 4.78 is 0. The second-order valence-electron chi connectivity index (χ2n) is 4.97. The molecule has 2 unspecified atom stereocenters. The Hall–Kier alpha value is -0.550. The van der Waals surface area contributed by atoms with E-state index >= 15 is 0 Å². The summed E-state index contributed by atoms with van der Waals surface area (Å²) in [5.74, 6) is 1.08.